The van der Waals surface area contributed by atoms with Crippen molar-refractivity contribution in [1.29, 1.82) is 0 Å². The van der Waals surface area contributed by atoms with Gasteiger partial charge in [0.15, 0.2) is 0 Å². The molecule has 0 bridgehead atoms. The molecule has 1 fully saturated rings. The van der Waals surface area contributed by atoms with Gasteiger partial charge >= 0.3 is 0 Å². The SMILES string of the molecule is Cc1ccc(-c2cc3nc(NC(C)(C)C)nc(NC4CC4)c3s2)cc1. The molecule has 4 nitrogen and oxygen atoms in total. The van der Waals surface area contributed by atoms with Crippen LogP contribution in [0.15, 0.2) is 30.3 Å². The van der Waals surface area contributed by atoms with Gasteiger partial charge in [0.25, 0.3) is 0 Å². The molecule has 4 rings (SSSR count). The summed E-state index contributed by atoms with van der Waals surface area (Å²) in [5.41, 5.74) is 3.44. The van der Waals surface area contributed by atoms with Gasteiger partial charge in [0, 0.05) is 16.5 Å². The van der Waals surface area contributed by atoms with Gasteiger partial charge in [-0.2, -0.15) is 4.98 Å². The van der Waals surface area contributed by atoms with E-state index in [0.29, 0.717) is 12.0 Å². The van der Waals surface area contributed by atoms with Gasteiger partial charge in [0.1, 0.15) is 5.82 Å². The number of hydrogen-bond acceptors (Lipinski definition) is 5. The molecule has 0 unspecified atom stereocenters. The Morgan fingerprint density at radius 3 is 2.44 bits per heavy atom. The first-order valence-electron chi connectivity index (χ1n) is 8.81. The number of anilines is 2. The lowest BCUT2D eigenvalue weighted by atomic mass is 10.1. The van der Waals surface area contributed by atoms with Crippen molar-refractivity contribution in [3.63, 3.8) is 0 Å². The predicted molar refractivity (Wildman–Crippen MR) is 108 cm³/mol. The van der Waals surface area contributed by atoms with Crippen LogP contribution >= 0.6 is 11.3 Å². The highest BCUT2D eigenvalue weighted by Crippen LogP contribution is 2.38. The molecule has 1 aliphatic rings. The van der Waals surface area contributed by atoms with Crippen molar-refractivity contribution < 1.29 is 0 Å². The lowest BCUT2D eigenvalue weighted by molar-refractivity contribution is 0.627. The highest BCUT2D eigenvalue weighted by molar-refractivity contribution is 7.22. The third kappa shape index (κ3) is 3.76. The molecule has 0 amide bonds. The van der Waals surface area contributed by atoms with Crippen LogP contribution < -0.4 is 10.6 Å². The Bertz CT molecular complexity index is 902. The summed E-state index contributed by atoms with van der Waals surface area (Å²) in [7, 11) is 0. The van der Waals surface area contributed by atoms with Crippen molar-refractivity contribution in [3.8, 4) is 10.4 Å². The third-order valence-corrected chi connectivity index (χ3v) is 5.29. The standard InChI is InChI=1S/C20H24N4S/c1-12-5-7-13(8-6-12)16-11-15-17(25-16)18(21-14-9-10-14)23-19(22-15)24-20(2,3)4/h5-8,11,14H,9-10H2,1-4H3,(H2,21,22,23,24). The van der Waals surface area contributed by atoms with E-state index in [1.54, 1.807) is 11.3 Å². The van der Waals surface area contributed by atoms with E-state index in [9.17, 15) is 0 Å². The summed E-state index contributed by atoms with van der Waals surface area (Å²) in [4.78, 5) is 10.8. The summed E-state index contributed by atoms with van der Waals surface area (Å²) in [5.74, 6) is 1.65. The van der Waals surface area contributed by atoms with Crippen LogP contribution in [0, 0.1) is 6.92 Å². The Kier molecular flexibility index (Phi) is 3.91. The normalized spacial score (nSPS) is 14.7. The van der Waals surface area contributed by atoms with Crippen molar-refractivity contribution in [2.75, 3.05) is 10.6 Å². The van der Waals surface area contributed by atoms with E-state index in [1.807, 2.05) is 0 Å². The quantitative estimate of drug-likeness (QED) is 0.655. The van der Waals surface area contributed by atoms with Crippen molar-refractivity contribution in [1.82, 2.24) is 9.97 Å². The molecule has 2 heterocycles. The van der Waals surface area contributed by atoms with E-state index < -0.39 is 0 Å². The van der Waals surface area contributed by atoms with Crippen LogP contribution in [0.1, 0.15) is 39.2 Å². The first-order chi connectivity index (χ1) is 11.9. The monoisotopic (exact) mass is 352 g/mol. The molecular formula is C20H24N4S. The number of benzene rings is 1. The number of thiophene rings is 1. The maximum absolute atomic E-state index is 4.76. The van der Waals surface area contributed by atoms with E-state index in [1.165, 1.54) is 28.8 Å². The molecule has 1 aromatic carbocycles. The number of aromatic nitrogens is 2. The number of aryl methyl sites for hydroxylation is 1. The molecule has 5 heteroatoms. The summed E-state index contributed by atoms with van der Waals surface area (Å²) in [6.45, 7) is 8.49. The van der Waals surface area contributed by atoms with Crippen LogP contribution in [-0.4, -0.2) is 21.5 Å². The van der Waals surface area contributed by atoms with Gasteiger partial charge < -0.3 is 10.6 Å². The van der Waals surface area contributed by atoms with Gasteiger partial charge in [-0.15, -0.1) is 11.3 Å². The lowest BCUT2D eigenvalue weighted by Gasteiger charge is -2.21. The summed E-state index contributed by atoms with van der Waals surface area (Å²) in [5, 5.41) is 6.98. The fourth-order valence-corrected chi connectivity index (χ4v) is 3.75. The molecule has 0 aliphatic heterocycles. The summed E-state index contributed by atoms with van der Waals surface area (Å²) < 4.78 is 1.14. The Morgan fingerprint density at radius 1 is 1.08 bits per heavy atom. The molecule has 130 valence electrons. The highest BCUT2D eigenvalue weighted by atomic mass is 32.1. The zero-order valence-electron chi connectivity index (χ0n) is 15.2. The number of hydrogen-bond donors (Lipinski definition) is 2. The van der Waals surface area contributed by atoms with Crippen LogP contribution in [0.4, 0.5) is 11.8 Å². The van der Waals surface area contributed by atoms with Crippen LogP contribution in [0.25, 0.3) is 20.7 Å². The first-order valence-corrected chi connectivity index (χ1v) is 9.62. The zero-order valence-corrected chi connectivity index (χ0v) is 16.0. The second-order valence-corrected chi connectivity index (χ2v) is 8.93. The number of nitrogens with zero attached hydrogens (tertiary/aromatic N) is 2. The van der Waals surface area contributed by atoms with Gasteiger partial charge in [-0.1, -0.05) is 29.8 Å². The number of nitrogens with one attached hydrogen (secondary N) is 2. The average Bonchev–Trinajstić information content (AvgIpc) is 3.23. The van der Waals surface area contributed by atoms with Crippen LogP contribution in [-0.2, 0) is 0 Å². The molecule has 0 saturated heterocycles. The fourth-order valence-electron chi connectivity index (χ4n) is 2.70. The van der Waals surface area contributed by atoms with E-state index in [-0.39, 0.29) is 5.54 Å². The Morgan fingerprint density at radius 2 is 1.80 bits per heavy atom. The Balaban J connectivity index is 1.79. The van der Waals surface area contributed by atoms with Gasteiger partial charge in [-0.25, -0.2) is 4.98 Å². The smallest absolute Gasteiger partial charge is 0.225 e. The van der Waals surface area contributed by atoms with Crippen LogP contribution in [0.5, 0.6) is 0 Å². The topological polar surface area (TPSA) is 49.8 Å². The van der Waals surface area contributed by atoms with Gasteiger partial charge in [0.05, 0.1) is 10.2 Å². The van der Waals surface area contributed by atoms with Gasteiger partial charge in [0.2, 0.25) is 5.95 Å². The Hall–Kier alpha value is -2.14. The van der Waals surface area contributed by atoms with Crippen molar-refractivity contribution in [3.05, 3.63) is 35.9 Å². The molecule has 2 N–H and O–H groups in total. The minimum absolute atomic E-state index is 0.0691. The maximum Gasteiger partial charge on any atom is 0.225 e. The molecule has 25 heavy (non-hydrogen) atoms. The van der Waals surface area contributed by atoms with Crippen LogP contribution in [0.2, 0.25) is 0 Å². The molecule has 0 radical (unpaired) electrons. The third-order valence-electron chi connectivity index (χ3n) is 4.11. The number of fused-ring (bicyclic) bond motifs is 1. The minimum Gasteiger partial charge on any atom is -0.366 e. The molecule has 0 spiro atoms. The lowest BCUT2D eigenvalue weighted by Crippen LogP contribution is -2.27. The largest absolute Gasteiger partial charge is 0.366 e. The second kappa shape index (κ2) is 5.99. The minimum atomic E-state index is -0.0691. The van der Waals surface area contributed by atoms with Crippen molar-refractivity contribution >= 4 is 33.3 Å². The first kappa shape index (κ1) is 16.3. The highest BCUT2D eigenvalue weighted by Gasteiger charge is 2.24. The van der Waals surface area contributed by atoms with E-state index in [2.05, 4.69) is 68.7 Å². The summed E-state index contributed by atoms with van der Waals surface area (Å²) >= 11 is 1.76. The summed E-state index contributed by atoms with van der Waals surface area (Å²) in [6.07, 6.45) is 2.45. The zero-order chi connectivity index (χ0) is 17.6. The Labute approximate surface area is 152 Å². The molecule has 1 saturated carbocycles. The van der Waals surface area contributed by atoms with Crippen molar-refractivity contribution in [2.24, 2.45) is 0 Å². The average molecular weight is 353 g/mol. The van der Waals surface area contributed by atoms with Crippen molar-refractivity contribution in [2.45, 2.75) is 52.1 Å². The molecule has 2 aromatic heterocycles. The molecule has 0 atom stereocenters. The van der Waals surface area contributed by atoms with Crippen LogP contribution in [0.3, 0.4) is 0 Å². The van der Waals surface area contributed by atoms with E-state index in [4.69, 9.17) is 9.97 Å². The molecule has 1 aliphatic carbocycles. The van der Waals surface area contributed by atoms with Gasteiger partial charge in [-0.3, -0.25) is 0 Å². The predicted octanol–water partition coefficient (Wildman–Crippen LogP) is 5.45. The van der Waals surface area contributed by atoms with E-state index >= 15 is 0 Å². The fraction of sp³-hybridized carbons (Fsp3) is 0.400. The summed E-state index contributed by atoms with van der Waals surface area (Å²) in [6, 6.07) is 11.4. The van der Waals surface area contributed by atoms with E-state index in [0.717, 1.165) is 16.0 Å². The number of rotatable bonds is 4. The molecule has 3 aromatic rings. The molecular weight excluding hydrogens is 328 g/mol. The van der Waals surface area contributed by atoms with Gasteiger partial charge in [-0.05, 0) is 52.2 Å². The second-order valence-electron chi connectivity index (χ2n) is 7.88. The maximum atomic E-state index is 4.76.